The highest BCUT2D eigenvalue weighted by atomic mass is 16.3. The topological polar surface area (TPSA) is 20.2 Å². The number of hydrogen-bond donors (Lipinski definition) is 1. The lowest BCUT2D eigenvalue weighted by Gasteiger charge is -2.31. The summed E-state index contributed by atoms with van der Waals surface area (Å²) in [5, 5.41) is 10.0. The van der Waals surface area contributed by atoms with E-state index in [0.29, 0.717) is 0 Å². The van der Waals surface area contributed by atoms with Crippen LogP contribution in [0.4, 0.5) is 0 Å². The zero-order chi connectivity index (χ0) is 21.4. The van der Waals surface area contributed by atoms with Crippen LogP contribution in [0.2, 0.25) is 0 Å². The van der Waals surface area contributed by atoms with Gasteiger partial charge < -0.3 is 9.59 Å². The maximum atomic E-state index is 10.0. The van der Waals surface area contributed by atoms with E-state index in [-0.39, 0.29) is 6.10 Å². The number of nitrogens with zero attached hydrogens (tertiary/aromatic N) is 1. The van der Waals surface area contributed by atoms with Gasteiger partial charge in [-0.2, -0.15) is 0 Å². The highest BCUT2D eigenvalue weighted by Crippen LogP contribution is 2.21. The molecule has 0 aliphatic rings. The minimum Gasteiger partial charge on any atom is -0.389 e. The van der Waals surface area contributed by atoms with Gasteiger partial charge in [-0.25, -0.2) is 0 Å². The molecule has 1 atom stereocenters. The SMILES string of the molecule is CCCCCCCCCCCCCCCC[N+](C)(C)Cc1ccccc1C(C)O. The van der Waals surface area contributed by atoms with Crippen LogP contribution >= 0.6 is 0 Å². The van der Waals surface area contributed by atoms with Crippen LogP contribution in [0.3, 0.4) is 0 Å². The zero-order valence-electron chi connectivity index (χ0n) is 20.1. The molecular weight excluding hydrogens is 354 g/mol. The van der Waals surface area contributed by atoms with Gasteiger partial charge in [-0.15, -0.1) is 0 Å². The van der Waals surface area contributed by atoms with Crippen LogP contribution in [0, 0.1) is 0 Å². The summed E-state index contributed by atoms with van der Waals surface area (Å²) >= 11 is 0. The van der Waals surface area contributed by atoms with Crippen LogP contribution < -0.4 is 0 Å². The van der Waals surface area contributed by atoms with E-state index in [4.69, 9.17) is 0 Å². The molecule has 0 fully saturated rings. The van der Waals surface area contributed by atoms with Crippen molar-refractivity contribution in [1.82, 2.24) is 0 Å². The minimum atomic E-state index is -0.382. The lowest BCUT2D eigenvalue weighted by molar-refractivity contribution is -0.903. The molecule has 0 amide bonds. The summed E-state index contributed by atoms with van der Waals surface area (Å²) in [7, 11) is 4.64. The highest BCUT2D eigenvalue weighted by molar-refractivity contribution is 5.28. The fourth-order valence-electron chi connectivity index (χ4n) is 4.36. The molecule has 1 aromatic rings. The number of aliphatic hydroxyl groups is 1. The quantitative estimate of drug-likeness (QED) is 0.195. The van der Waals surface area contributed by atoms with Crippen molar-refractivity contribution in [3.05, 3.63) is 35.4 Å². The second-order valence-electron chi connectivity index (χ2n) is 9.79. The van der Waals surface area contributed by atoms with Gasteiger partial charge in [0.2, 0.25) is 0 Å². The van der Waals surface area contributed by atoms with Gasteiger partial charge in [0.1, 0.15) is 6.54 Å². The third-order valence-corrected chi connectivity index (χ3v) is 6.22. The Kier molecular flexibility index (Phi) is 14.4. The Morgan fingerprint density at radius 3 is 1.66 bits per heavy atom. The first-order valence-corrected chi connectivity index (χ1v) is 12.5. The third-order valence-electron chi connectivity index (χ3n) is 6.22. The van der Waals surface area contributed by atoms with E-state index < -0.39 is 0 Å². The van der Waals surface area contributed by atoms with Gasteiger partial charge in [0.25, 0.3) is 0 Å². The van der Waals surface area contributed by atoms with Crippen LogP contribution in [-0.2, 0) is 6.54 Å². The molecule has 0 bridgehead atoms. The monoisotopic (exact) mass is 404 g/mol. The molecule has 2 nitrogen and oxygen atoms in total. The lowest BCUT2D eigenvalue weighted by Crippen LogP contribution is -2.39. The Bertz CT molecular complexity index is 509. The Morgan fingerprint density at radius 1 is 0.724 bits per heavy atom. The molecule has 0 saturated carbocycles. The summed E-state index contributed by atoms with van der Waals surface area (Å²) in [6.07, 6.45) is 19.4. The molecule has 0 aliphatic heterocycles. The average molecular weight is 405 g/mol. The smallest absolute Gasteiger partial charge is 0.104 e. The number of hydrogen-bond acceptors (Lipinski definition) is 1. The molecule has 1 unspecified atom stereocenters. The molecule has 0 heterocycles. The van der Waals surface area contributed by atoms with Crippen molar-refractivity contribution >= 4 is 0 Å². The molecule has 0 aromatic heterocycles. The first-order chi connectivity index (χ1) is 14.0. The maximum absolute atomic E-state index is 10.0. The van der Waals surface area contributed by atoms with Crippen molar-refractivity contribution in [2.45, 2.75) is 116 Å². The highest BCUT2D eigenvalue weighted by Gasteiger charge is 2.18. The molecule has 0 radical (unpaired) electrons. The standard InChI is InChI=1S/C27H50NO/c1-5-6-7-8-9-10-11-12-13-14-15-16-17-20-23-28(3,4)24-26-21-18-19-22-27(26)25(2)29/h18-19,21-22,25,29H,5-17,20,23-24H2,1-4H3/q+1. The maximum Gasteiger partial charge on any atom is 0.104 e. The summed E-state index contributed by atoms with van der Waals surface area (Å²) in [5.74, 6) is 0. The molecule has 0 saturated heterocycles. The van der Waals surface area contributed by atoms with Gasteiger partial charge in [0, 0.05) is 5.56 Å². The number of aliphatic hydroxyl groups excluding tert-OH is 1. The van der Waals surface area contributed by atoms with Crippen LogP contribution in [0.25, 0.3) is 0 Å². The predicted molar refractivity (Wildman–Crippen MR) is 128 cm³/mol. The average Bonchev–Trinajstić information content (AvgIpc) is 2.68. The largest absolute Gasteiger partial charge is 0.389 e. The van der Waals surface area contributed by atoms with E-state index in [1.54, 1.807) is 0 Å². The molecule has 0 spiro atoms. The Hall–Kier alpha value is -0.860. The molecular formula is C27H50NO+. The molecule has 2 heteroatoms. The van der Waals surface area contributed by atoms with E-state index in [9.17, 15) is 5.11 Å². The summed E-state index contributed by atoms with van der Waals surface area (Å²) in [4.78, 5) is 0. The third kappa shape index (κ3) is 13.1. The summed E-state index contributed by atoms with van der Waals surface area (Å²) in [6, 6.07) is 8.35. The van der Waals surface area contributed by atoms with Crippen LogP contribution in [-0.4, -0.2) is 30.2 Å². The fourth-order valence-corrected chi connectivity index (χ4v) is 4.36. The number of unbranched alkanes of at least 4 members (excludes halogenated alkanes) is 13. The summed E-state index contributed by atoms with van der Waals surface area (Å²) in [5.41, 5.74) is 2.37. The molecule has 0 aliphatic carbocycles. The van der Waals surface area contributed by atoms with Crippen molar-refractivity contribution in [1.29, 1.82) is 0 Å². The van der Waals surface area contributed by atoms with Gasteiger partial charge in [0.15, 0.2) is 0 Å². The van der Waals surface area contributed by atoms with Crippen LogP contribution in [0.1, 0.15) is 121 Å². The fraction of sp³-hybridized carbons (Fsp3) is 0.778. The van der Waals surface area contributed by atoms with Gasteiger partial charge in [0.05, 0.1) is 26.7 Å². The summed E-state index contributed by atoms with van der Waals surface area (Å²) in [6.45, 7) is 6.37. The summed E-state index contributed by atoms with van der Waals surface area (Å²) < 4.78 is 1.00. The van der Waals surface area contributed by atoms with Crippen molar-refractivity contribution in [2.24, 2.45) is 0 Å². The van der Waals surface area contributed by atoms with Gasteiger partial charge in [-0.05, 0) is 25.3 Å². The lowest BCUT2D eigenvalue weighted by atomic mass is 10.0. The van der Waals surface area contributed by atoms with Crippen LogP contribution in [0.5, 0.6) is 0 Å². The normalized spacial score (nSPS) is 13.0. The Balaban J connectivity index is 2.03. The van der Waals surface area contributed by atoms with E-state index in [0.717, 1.165) is 16.6 Å². The molecule has 1 N–H and O–H groups in total. The first kappa shape index (κ1) is 26.2. The zero-order valence-corrected chi connectivity index (χ0v) is 20.1. The van der Waals surface area contributed by atoms with Gasteiger partial charge in [-0.1, -0.05) is 108 Å². The second kappa shape index (κ2) is 15.9. The molecule has 1 rings (SSSR count). The first-order valence-electron chi connectivity index (χ1n) is 12.5. The van der Waals surface area contributed by atoms with Gasteiger partial charge in [-0.3, -0.25) is 0 Å². The number of quaternary nitrogens is 1. The van der Waals surface area contributed by atoms with Crippen molar-refractivity contribution in [2.75, 3.05) is 20.6 Å². The van der Waals surface area contributed by atoms with E-state index in [1.165, 1.54) is 102 Å². The second-order valence-corrected chi connectivity index (χ2v) is 9.79. The van der Waals surface area contributed by atoms with E-state index >= 15 is 0 Å². The van der Waals surface area contributed by atoms with E-state index in [1.807, 2.05) is 13.0 Å². The predicted octanol–water partition coefficient (Wildman–Crippen LogP) is 7.80. The molecule has 29 heavy (non-hydrogen) atoms. The van der Waals surface area contributed by atoms with E-state index in [2.05, 4.69) is 39.2 Å². The Labute approximate surface area is 182 Å². The number of rotatable bonds is 18. The van der Waals surface area contributed by atoms with Crippen molar-refractivity contribution < 1.29 is 9.59 Å². The molecule has 168 valence electrons. The van der Waals surface area contributed by atoms with Crippen molar-refractivity contribution in [3.63, 3.8) is 0 Å². The van der Waals surface area contributed by atoms with Crippen molar-refractivity contribution in [3.8, 4) is 0 Å². The Morgan fingerprint density at radius 2 is 1.17 bits per heavy atom. The number of benzene rings is 1. The molecule has 1 aromatic carbocycles. The van der Waals surface area contributed by atoms with Crippen LogP contribution in [0.15, 0.2) is 24.3 Å². The van der Waals surface area contributed by atoms with Gasteiger partial charge >= 0.3 is 0 Å². The minimum absolute atomic E-state index is 0.382.